The fraction of sp³-hybridized carbons (Fsp3) is 0.385. The van der Waals surface area contributed by atoms with E-state index in [-0.39, 0.29) is 55.6 Å². The number of rotatable bonds is 11. The number of oxazole rings is 1. The highest BCUT2D eigenvalue weighted by Crippen LogP contribution is 2.43. The first-order chi connectivity index (χ1) is 24.2. The Labute approximate surface area is 295 Å². The molecule has 0 bridgehead atoms. The minimum Gasteiger partial charge on any atom is -0.453 e. The van der Waals surface area contributed by atoms with Crippen LogP contribution in [0.1, 0.15) is 63.2 Å². The van der Waals surface area contributed by atoms with Crippen LogP contribution in [-0.2, 0) is 32.1 Å². The molecular formula is C39H42F3N3O6. The van der Waals surface area contributed by atoms with E-state index in [2.05, 4.69) is 0 Å². The minimum atomic E-state index is -1.52. The first-order valence-electron chi connectivity index (χ1n) is 16.8. The van der Waals surface area contributed by atoms with E-state index in [1.54, 1.807) is 0 Å². The van der Waals surface area contributed by atoms with Gasteiger partial charge in [0, 0.05) is 32.4 Å². The number of esters is 1. The van der Waals surface area contributed by atoms with Crippen molar-refractivity contribution in [3.05, 3.63) is 113 Å². The van der Waals surface area contributed by atoms with Crippen LogP contribution in [0.4, 0.5) is 18.0 Å². The van der Waals surface area contributed by atoms with Crippen LogP contribution in [0.15, 0.2) is 83.3 Å². The van der Waals surface area contributed by atoms with Gasteiger partial charge in [-0.3, -0.25) is 9.59 Å². The molecular weight excluding hydrogens is 663 g/mol. The molecule has 4 atom stereocenters. The fourth-order valence-corrected chi connectivity index (χ4v) is 6.36. The lowest BCUT2D eigenvalue weighted by Crippen LogP contribution is -2.49. The molecule has 0 saturated carbocycles. The number of hydrogen-bond acceptors (Lipinski definition) is 7. The first kappa shape index (κ1) is 37.1. The van der Waals surface area contributed by atoms with E-state index in [0.29, 0.717) is 0 Å². The van der Waals surface area contributed by atoms with Gasteiger partial charge in [-0.1, -0.05) is 81.4 Å². The molecule has 1 saturated heterocycles. The summed E-state index contributed by atoms with van der Waals surface area (Å²) in [6.07, 6.45) is -3.29. The fourth-order valence-electron chi connectivity index (χ4n) is 6.36. The van der Waals surface area contributed by atoms with Gasteiger partial charge in [-0.05, 0) is 41.7 Å². The smallest absolute Gasteiger partial charge is 0.410 e. The maximum absolute atomic E-state index is 15.8. The molecule has 3 aromatic carbocycles. The van der Waals surface area contributed by atoms with Crippen molar-refractivity contribution in [3.8, 4) is 11.5 Å². The molecule has 270 valence electrons. The van der Waals surface area contributed by atoms with Crippen molar-refractivity contribution in [2.45, 2.75) is 66.0 Å². The Morgan fingerprint density at radius 2 is 1.63 bits per heavy atom. The van der Waals surface area contributed by atoms with Gasteiger partial charge >= 0.3 is 12.1 Å². The molecule has 0 radical (unpaired) electrons. The zero-order chi connectivity index (χ0) is 36.9. The summed E-state index contributed by atoms with van der Waals surface area (Å²) in [6.45, 7) is 7.69. The molecule has 12 heteroatoms. The third kappa shape index (κ3) is 9.16. The van der Waals surface area contributed by atoms with Gasteiger partial charge in [0.15, 0.2) is 6.10 Å². The van der Waals surface area contributed by atoms with Crippen molar-refractivity contribution >= 4 is 18.0 Å². The van der Waals surface area contributed by atoms with Crippen molar-refractivity contribution in [3.63, 3.8) is 0 Å². The Kier molecular flexibility index (Phi) is 11.5. The van der Waals surface area contributed by atoms with Gasteiger partial charge < -0.3 is 23.7 Å². The molecule has 0 unspecified atom stereocenters. The summed E-state index contributed by atoms with van der Waals surface area (Å²) in [6, 6.07) is 20.4. The Balaban J connectivity index is 1.54. The van der Waals surface area contributed by atoms with E-state index >= 15 is 8.78 Å². The van der Waals surface area contributed by atoms with E-state index in [4.69, 9.17) is 18.9 Å². The summed E-state index contributed by atoms with van der Waals surface area (Å²) in [5.74, 6) is -3.53. The van der Waals surface area contributed by atoms with Crippen LogP contribution in [0.2, 0.25) is 0 Å². The van der Waals surface area contributed by atoms with Gasteiger partial charge in [0.05, 0.1) is 18.2 Å². The van der Waals surface area contributed by atoms with Crippen LogP contribution in [0.5, 0.6) is 0 Å². The molecule has 51 heavy (non-hydrogen) atoms. The number of likely N-dealkylation sites (tertiary alicyclic amines) is 1. The highest BCUT2D eigenvalue weighted by molar-refractivity contribution is 5.83. The Morgan fingerprint density at radius 1 is 0.980 bits per heavy atom. The average Bonchev–Trinajstić information content (AvgIpc) is 3.66. The molecule has 0 spiro atoms. The standard InChI is InChI=1S/C39H42F3N3O6/c1-24(50-25(2)46)37(47)45(21-28-20-44(22-32(28)42)38(48)49-23-27-14-10-7-11-15-27)35(39(3,4)5)34-33(18-26-12-8-6-9-13-26)51-36(43-34)30-19-29(40)16-17-31(30)41/h6-17,19,24,28,32,35H,18,20-23H2,1-5H3/t24-,28+,32-,35-/m0/s1. The maximum atomic E-state index is 15.8. The minimum absolute atomic E-state index is 0.0129. The zero-order valence-corrected chi connectivity index (χ0v) is 29.3. The molecule has 4 aromatic rings. The van der Waals surface area contributed by atoms with Crippen LogP contribution in [0, 0.1) is 23.0 Å². The number of nitrogens with zero attached hydrogens (tertiary/aromatic N) is 3. The van der Waals surface area contributed by atoms with Gasteiger partial charge in [0.2, 0.25) is 5.89 Å². The normalized spacial score (nSPS) is 17.1. The Hall–Kier alpha value is -5.13. The van der Waals surface area contributed by atoms with Crippen molar-refractivity contribution in [2.75, 3.05) is 19.6 Å². The summed E-state index contributed by atoms with van der Waals surface area (Å²) >= 11 is 0. The molecule has 2 heterocycles. The maximum Gasteiger partial charge on any atom is 0.410 e. The number of ether oxygens (including phenoxy) is 2. The molecule has 9 nitrogen and oxygen atoms in total. The van der Waals surface area contributed by atoms with Gasteiger partial charge in [0.25, 0.3) is 5.91 Å². The number of carbonyl (C=O) groups is 3. The van der Waals surface area contributed by atoms with Crippen LogP contribution in [-0.4, -0.2) is 64.7 Å². The van der Waals surface area contributed by atoms with Crippen LogP contribution >= 0.6 is 0 Å². The average molecular weight is 706 g/mol. The lowest BCUT2D eigenvalue weighted by Gasteiger charge is -2.41. The summed E-state index contributed by atoms with van der Waals surface area (Å²) < 4.78 is 62.2. The lowest BCUT2D eigenvalue weighted by molar-refractivity contribution is -0.160. The van der Waals surface area contributed by atoms with Crippen molar-refractivity contribution in [2.24, 2.45) is 11.3 Å². The molecule has 5 rings (SSSR count). The van der Waals surface area contributed by atoms with Gasteiger partial charge in [0.1, 0.15) is 35.9 Å². The number of halogens is 3. The monoisotopic (exact) mass is 705 g/mol. The van der Waals surface area contributed by atoms with E-state index in [1.165, 1.54) is 23.6 Å². The van der Waals surface area contributed by atoms with E-state index in [9.17, 15) is 18.8 Å². The van der Waals surface area contributed by atoms with Crippen LogP contribution in [0.25, 0.3) is 11.5 Å². The predicted molar refractivity (Wildman–Crippen MR) is 183 cm³/mol. The second-order valence-electron chi connectivity index (χ2n) is 13.8. The molecule has 2 amide bonds. The van der Waals surface area contributed by atoms with Crippen LogP contribution in [0.3, 0.4) is 0 Å². The quantitative estimate of drug-likeness (QED) is 0.148. The second-order valence-corrected chi connectivity index (χ2v) is 13.8. The zero-order valence-electron chi connectivity index (χ0n) is 29.3. The van der Waals surface area contributed by atoms with Crippen molar-refractivity contribution in [1.29, 1.82) is 0 Å². The number of carbonyl (C=O) groups excluding carboxylic acids is 3. The molecule has 1 aliphatic heterocycles. The summed E-state index contributed by atoms with van der Waals surface area (Å²) in [5, 5.41) is 0. The van der Waals surface area contributed by atoms with Gasteiger partial charge in [-0.15, -0.1) is 0 Å². The second kappa shape index (κ2) is 15.8. The van der Waals surface area contributed by atoms with Gasteiger partial charge in [-0.2, -0.15) is 0 Å². The third-order valence-corrected chi connectivity index (χ3v) is 8.71. The number of benzene rings is 3. The highest BCUT2D eigenvalue weighted by Gasteiger charge is 2.45. The number of hydrogen-bond donors (Lipinski definition) is 0. The molecule has 1 aromatic heterocycles. The Bertz CT molecular complexity index is 1830. The summed E-state index contributed by atoms with van der Waals surface area (Å²) in [5.41, 5.74) is 0.826. The lowest BCUT2D eigenvalue weighted by atomic mass is 9.81. The topological polar surface area (TPSA) is 102 Å². The highest BCUT2D eigenvalue weighted by atomic mass is 19.1. The van der Waals surface area contributed by atoms with Crippen LogP contribution < -0.4 is 0 Å². The van der Waals surface area contributed by atoms with Crippen molar-refractivity contribution < 1.29 is 41.4 Å². The molecule has 0 N–H and O–H groups in total. The number of aromatic nitrogens is 1. The number of amides is 2. The van der Waals surface area contributed by atoms with E-state index in [0.717, 1.165) is 29.3 Å². The van der Waals surface area contributed by atoms with E-state index < -0.39 is 59.3 Å². The summed E-state index contributed by atoms with van der Waals surface area (Å²) in [7, 11) is 0. The largest absolute Gasteiger partial charge is 0.453 e. The predicted octanol–water partition coefficient (Wildman–Crippen LogP) is 7.68. The third-order valence-electron chi connectivity index (χ3n) is 8.71. The first-order valence-corrected chi connectivity index (χ1v) is 16.8. The summed E-state index contributed by atoms with van der Waals surface area (Å²) in [4.78, 5) is 46.7. The van der Waals surface area contributed by atoms with E-state index in [1.807, 2.05) is 81.4 Å². The SMILES string of the molecule is CC(=O)O[C@@H](C)C(=O)N(C[C@H]1CN(C(=O)OCc2ccccc2)C[C@@H]1F)[C@@H](c1nc(-c2cc(F)ccc2F)oc1Cc1ccccc1)C(C)(C)C. The molecule has 1 aliphatic rings. The molecule has 1 fully saturated rings. The van der Waals surface area contributed by atoms with Gasteiger partial charge in [-0.25, -0.2) is 22.9 Å². The Morgan fingerprint density at radius 3 is 2.25 bits per heavy atom. The van der Waals surface area contributed by atoms with Crippen molar-refractivity contribution in [1.82, 2.24) is 14.8 Å². The number of alkyl halides is 1. The molecule has 0 aliphatic carbocycles.